The smallest absolute Gasteiger partial charge is 0.350 e. The zero-order chi connectivity index (χ0) is 15.1. The molecule has 0 fully saturated rings. The molecular formula is C13H13N3O4. The summed E-state index contributed by atoms with van der Waals surface area (Å²) in [5.74, 6) is -0.707. The van der Waals surface area contributed by atoms with E-state index in [1.807, 2.05) is 0 Å². The summed E-state index contributed by atoms with van der Waals surface area (Å²) >= 11 is 0. The number of nitro groups is 1. The minimum atomic E-state index is -0.707. The number of rotatable bonds is 5. The lowest BCUT2D eigenvalue weighted by Gasteiger charge is -2.08. The fourth-order valence-electron chi connectivity index (χ4n) is 1.43. The van der Waals surface area contributed by atoms with Crippen molar-refractivity contribution < 1.29 is 14.5 Å². The number of anilines is 1. The molecule has 7 nitrogen and oxygen atoms in total. The molecule has 0 aromatic heterocycles. The van der Waals surface area contributed by atoms with Crippen LogP contribution in [0.1, 0.15) is 13.8 Å². The number of nitro benzene ring substituents is 1. The Morgan fingerprint density at radius 1 is 1.45 bits per heavy atom. The van der Waals surface area contributed by atoms with E-state index in [2.05, 4.69) is 5.32 Å². The third-order valence-corrected chi connectivity index (χ3v) is 2.38. The molecule has 1 aromatic rings. The summed E-state index contributed by atoms with van der Waals surface area (Å²) in [7, 11) is 0. The number of benzene rings is 1. The van der Waals surface area contributed by atoms with Crippen LogP contribution in [-0.4, -0.2) is 17.5 Å². The predicted octanol–water partition coefficient (Wildman–Crippen LogP) is 2.37. The lowest BCUT2D eigenvalue weighted by atomic mass is 10.2. The van der Waals surface area contributed by atoms with Gasteiger partial charge in [0.25, 0.3) is 5.69 Å². The van der Waals surface area contributed by atoms with Gasteiger partial charge in [0.2, 0.25) is 0 Å². The molecular weight excluding hydrogens is 262 g/mol. The average Bonchev–Trinajstić information content (AvgIpc) is 2.40. The summed E-state index contributed by atoms with van der Waals surface area (Å²) in [6.45, 7) is 3.37. The van der Waals surface area contributed by atoms with E-state index in [9.17, 15) is 14.9 Å². The number of hydrogen-bond donors (Lipinski definition) is 1. The molecule has 1 N–H and O–H groups in total. The molecule has 0 aliphatic carbocycles. The second kappa shape index (κ2) is 6.89. The van der Waals surface area contributed by atoms with Crippen LogP contribution in [0, 0.1) is 21.4 Å². The largest absolute Gasteiger partial charge is 0.462 e. The molecule has 0 aliphatic heterocycles. The Bertz CT molecular complexity index is 585. The van der Waals surface area contributed by atoms with Crippen molar-refractivity contribution in [1.29, 1.82) is 5.26 Å². The molecule has 0 saturated heterocycles. The first kappa shape index (κ1) is 15.2. The van der Waals surface area contributed by atoms with E-state index in [0.29, 0.717) is 11.4 Å². The molecule has 0 atom stereocenters. The maximum atomic E-state index is 11.5. The van der Waals surface area contributed by atoms with Gasteiger partial charge in [-0.15, -0.1) is 0 Å². The molecule has 0 amide bonds. The van der Waals surface area contributed by atoms with Crippen LogP contribution in [0.3, 0.4) is 0 Å². The van der Waals surface area contributed by atoms with Crippen LogP contribution in [0.15, 0.2) is 35.5 Å². The summed E-state index contributed by atoms with van der Waals surface area (Å²) in [6.07, 6.45) is 0. The van der Waals surface area contributed by atoms with E-state index in [1.54, 1.807) is 19.9 Å². The van der Waals surface area contributed by atoms with Crippen molar-refractivity contribution in [3.8, 4) is 6.07 Å². The van der Waals surface area contributed by atoms with Crippen molar-refractivity contribution in [2.75, 3.05) is 11.9 Å². The van der Waals surface area contributed by atoms with Crippen LogP contribution >= 0.6 is 0 Å². The topological polar surface area (TPSA) is 105 Å². The molecule has 1 rings (SSSR count). The Labute approximate surface area is 115 Å². The highest BCUT2D eigenvalue weighted by Gasteiger charge is 2.14. The van der Waals surface area contributed by atoms with Gasteiger partial charge in [-0.25, -0.2) is 4.79 Å². The van der Waals surface area contributed by atoms with Gasteiger partial charge in [-0.2, -0.15) is 5.26 Å². The number of non-ortho nitro benzene ring substituents is 1. The van der Waals surface area contributed by atoms with Crippen LogP contribution in [0.2, 0.25) is 0 Å². The van der Waals surface area contributed by atoms with Crippen molar-refractivity contribution >= 4 is 17.3 Å². The summed E-state index contributed by atoms with van der Waals surface area (Å²) in [5, 5.41) is 22.3. The maximum Gasteiger partial charge on any atom is 0.350 e. The first-order chi connectivity index (χ1) is 9.49. The molecule has 7 heteroatoms. The molecule has 0 spiro atoms. The predicted molar refractivity (Wildman–Crippen MR) is 71.7 cm³/mol. The van der Waals surface area contributed by atoms with E-state index < -0.39 is 10.9 Å². The SMILES string of the molecule is CCOC(=O)/C(C#N)=C(/C)Nc1ccc([N+](=O)[O-])cc1. The van der Waals surface area contributed by atoms with Crippen molar-refractivity contribution in [3.63, 3.8) is 0 Å². The van der Waals surface area contributed by atoms with Crippen molar-refractivity contribution in [2.24, 2.45) is 0 Å². The number of esters is 1. The first-order valence-corrected chi connectivity index (χ1v) is 5.79. The third kappa shape index (κ3) is 3.81. The summed E-state index contributed by atoms with van der Waals surface area (Å²) in [6, 6.07) is 7.40. The van der Waals surface area contributed by atoms with Gasteiger partial charge < -0.3 is 10.1 Å². The standard InChI is InChI=1S/C13H13N3O4/c1-3-20-13(17)12(8-14)9(2)15-10-4-6-11(7-5-10)16(18)19/h4-7,15H,3H2,1-2H3/b12-9-. The fraction of sp³-hybridized carbons (Fsp3) is 0.231. The Morgan fingerprint density at radius 2 is 2.05 bits per heavy atom. The number of allylic oxidation sites excluding steroid dienone is 1. The quantitative estimate of drug-likeness (QED) is 0.291. The average molecular weight is 275 g/mol. The van der Waals surface area contributed by atoms with Gasteiger partial charge in [0.1, 0.15) is 6.07 Å². The maximum absolute atomic E-state index is 11.5. The van der Waals surface area contributed by atoms with E-state index >= 15 is 0 Å². The van der Waals surface area contributed by atoms with Crippen LogP contribution in [0.25, 0.3) is 0 Å². The Morgan fingerprint density at radius 3 is 2.50 bits per heavy atom. The molecule has 0 radical (unpaired) electrons. The zero-order valence-electron chi connectivity index (χ0n) is 11.0. The molecule has 1 aromatic carbocycles. The second-order valence-electron chi connectivity index (χ2n) is 3.76. The van der Waals surface area contributed by atoms with Gasteiger partial charge in [-0.05, 0) is 26.0 Å². The zero-order valence-corrected chi connectivity index (χ0v) is 11.0. The number of carbonyl (C=O) groups excluding carboxylic acids is 1. The minimum Gasteiger partial charge on any atom is -0.462 e. The van der Waals surface area contributed by atoms with E-state index in [4.69, 9.17) is 10.00 Å². The second-order valence-corrected chi connectivity index (χ2v) is 3.76. The van der Waals surface area contributed by atoms with Crippen molar-refractivity contribution in [1.82, 2.24) is 0 Å². The number of nitrogens with one attached hydrogen (secondary N) is 1. The van der Waals surface area contributed by atoms with Gasteiger partial charge >= 0.3 is 5.97 Å². The highest BCUT2D eigenvalue weighted by atomic mass is 16.6. The molecule has 20 heavy (non-hydrogen) atoms. The Balaban J connectivity index is 2.93. The molecule has 0 heterocycles. The van der Waals surface area contributed by atoms with Crippen LogP contribution < -0.4 is 5.32 Å². The molecule has 0 bridgehead atoms. The van der Waals surface area contributed by atoms with E-state index in [-0.39, 0.29) is 17.9 Å². The first-order valence-electron chi connectivity index (χ1n) is 5.79. The van der Waals surface area contributed by atoms with E-state index in [1.165, 1.54) is 24.3 Å². The van der Waals surface area contributed by atoms with Crippen LogP contribution in [-0.2, 0) is 9.53 Å². The fourth-order valence-corrected chi connectivity index (χ4v) is 1.43. The highest BCUT2D eigenvalue weighted by Crippen LogP contribution is 2.18. The van der Waals surface area contributed by atoms with Gasteiger partial charge in [0, 0.05) is 23.5 Å². The monoisotopic (exact) mass is 275 g/mol. The number of carbonyl (C=O) groups is 1. The Hall–Kier alpha value is -2.88. The summed E-state index contributed by atoms with van der Waals surface area (Å²) < 4.78 is 4.76. The number of nitriles is 1. The number of hydrogen-bond acceptors (Lipinski definition) is 6. The highest BCUT2D eigenvalue weighted by molar-refractivity contribution is 5.94. The van der Waals surface area contributed by atoms with Gasteiger partial charge in [-0.3, -0.25) is 10.1 Å². The lowest BCUT2D eigenvalue weighted by molar-refractivity contribution is -0.384. The molecule has 104 valence electrons. The third-order valence-electron chi connectivity index (χ3n) is 2.38. The summed E-state index contributed by atoms with van der Waals surface area (Å²) in [5.41, 5.74) is 0.679. The lowest BCUT2D eigenvalue weighted by Crippen LogP contribution is -2.11. The van der Waals surface area contributed by atoms with Crippen LogP contribution in [0.4, 0.5) is 11.4 Å². The van der Waals surface area contributed by atoms with Gasteiger partial charge in [0.15, 0.2) is 5.57 Å². The van der Waals surface area contributed by atoms with E-state index in [0.717, 1.165) is 0 Å². The Kier molecular flexibility index (Phi) is 5.23. The van der Waals surface area contributed by atoms with Crippen molar-refractivity contribution in [3.05, 3.63) is 45.6 Å². The molecule has 0 unspecified atom stereocenters. The molecule has 0 saturated carbocycles. The normalized spacial score (nSPS) is 11.1. The number of ether oxygens (including phenoxy) is 1. The van der Waals surface area contributed by atoms with Gasteiger partial charge in [-0.1, -0.05) is 0 Å². The summed E-state index contributed by atoms with van der Waals surface area (Å²) in [4.78, 5) is 21.5. The minimum absolute atomic E-state index is 0.0388. The molecule has 0 aliphatic rings. The van der Waals surface area contributed by atoms with Crippen molar-refractivity contribution in [2.45, 2.75) is 13.8 Å². The van der Waals surface area contributed by atoms with Crippen LogP contribution in [0.5, 0.6) is 0 Å². The van der Waals surface area contributed by atoms with Gasteiger partial charge in [0.05, 0.1) is 11.5 Å². The number of nitrogens with zero attached hydrogens (tertiary/aromatic N) is 2.